The van der Waals surface area contributed by atoms with Gasteiger partial charge in [-0.3, -0.25) is 0 Å². The number of nitrogens with one attached hydrogen (secondary N) is 1. The highest BCUT2D eigenvalue weighted by Gasteiger charge is 2.06. The summed E-state index contributed by atoms with van der Waals surface area (Å²) in [5.41, 5.74) is 6.50. The first-order chi connectivity index (χ1) is 5.74. The molecule has 1 aromatic rings. The zero-order valence-corrected chi connectivity index (χ0v) is 8.32. The molecule has 0 fully saturated rings. The van der Waals surface area contributed by atoms with E-state index in [1.807, 2.05) is 6.92 Å². The van der Waals surface area contributed by atoms with Crippen LogP contribution in [0.25, 0.3) is 0 Å². The average Bonchev–Trinajstić information content (AvgIpc) is 2.47. The lowest BCUT2D eigenvalue weighted by Crippen LogP contribution is -2.25. The van der Waals surface area contributed by atoms with Crippen LogP contribution in [0.2, 0.25) is 0 Å². The zero-order valence-electron chi connectivity index (χ0n) is 7.50. The van der Waals surface area contributed by atoms with Crippen molar-refractivity contribution in [2.75, 3.05) is 13.1 Å². The van der Waals surface area contributed by atoms with Crippen LogP contribution in [0.3, 0.4) is 0 Å². The number of thiazole rings is 1. The summed E-state index contributed by atoms with van der Waals surface area (Å²) in [6.07, 6.45) is 0. The molecule has 3 N–H and O–H groups in total. The molecule has 0 aromatic carbocycles. The fourth-order valence-electron chi connectivity index (χ4n) is 0.983. The fraction of sp³-hybridized carbons (Fsp3) is 0.625. The first-order valence-corrected chi connectivity index (χ1v) is 4.97. The molecule has 0 aliphatic carbocycles. The number of nitrogens with two attached hydrogens (primary N) is 1. The minimum atomic E-state index is 0.318. The van der Waals surface area contributed by atoms with Crippen LogP contribution in [0.15, 0.2) is 5.38 Å². The van der Waals surface area contributed by atoms with Crippen molar-refractivity contribution in [1.29, 1.82) is 0 Å². The number of nitrogens with zero attached hydrogens (tertiary/aromatic N) is 1. The molecule has 68 valence electrons. The van der Waals surface area contributed by atoms with E-state index in [2.05, 4.69) is 22.6 Å². The van der Waals surface area contributed by atoms with E-state index < -0.39 is 0 Å². The Kier molecular flexibility index (Phi) is 3.65. The monoisotopic (exact) mass is 185 g/mol. The number of rotatable bonds is 4. The van der Waals surface area contributed by atoms with Crippen molar-refractivity contribution in [2.24, 2.45) is 5.73 Å². The quantitative estimate of drug-likeness (QED) is 0.737. The van der Waals surface area contributed by atoms with Crippen molar-refractivity contribution < 1.29 is 0 Å². The van der Waals surface area contributed by atoms with Crippen molar-refractivity contribution >= 4 is 11.3 Å². The van der Waals surface area contributed by atoms with Crippen molar-refractivity contribution in [1.82, 2.24) is 10.3 Å². The number of aromatic nitrogens is 1. The maximum Gasteiger partial charge on any atom is 0.0898 e. The summed E-state index contributed by atoms with van der Waals surface area (Å²) in [5, 5.41) is 6.48. The Bertz CT molecular complexity index is 234. The van der Waals surface area contributed by atoms with Crippen LogP contribution in [0, 0.1) is 6.92 Å². The second-order valence-electron chi connectivity index (χ2n) is 2.76. The first kappa shape index (κ1) is 9.64. The Morgan fingerprint density at radius 1 is 1.75 bits per heavy atom. The van der Waals surface area contributed by atoms with Gasteiger partial charge in [0.2, 0.25) is 0 Å². The summed E-state index contributed by atoms with van der Waals surface area (Å²) in [6, 6.07) is 0.318. The molecule has 0 aliphatic rings. The second-order valence-corrected chi connectivity index (χ2v) is 3.82. The molecule has 1 atom stereocenters. The summed E-state index contributed by atoms with van der Waals surface area (Å²) in [6.45, 7) is 5.64. The van der Waals surface area contributed by atoms with Gasteiger partial charge in [0.15, 0.2) is 0 Å². The van der Waals surface area contributed by atoms with E-state index in [0.29, 0.717) is 12.6 Å². The predicted octanol–water partition coefficient (Wildman–Crippen LogP) is 1.06. The van der Waals surface area contributed by atoms with Gasteiger partial charge in [-0.05, 0) is 13.8 Å². The number of aryl methyl sites for hydroxylation is 1. The van der Waals surface area contributed by atoms with Crippen molar-refractivity contribution in [3.63, 3.8) is 0 Å². The SMILES string of the molecule is Cc1nc(C(C)NCCN)cs1. The molecule has 0 radical (unpaired) electrons. The molecule has 0 aliphatic heterocycles. The van der Waals surface area contributed by atoms with Gasteiger partial charge >= 0.3 is 0 Å². The third-order valence-electron chi connectivity index (χ3n) is 1.68. The zero-order chi connectivity index (χ0) is 8.97. The Balaban J connectivity index is 2.47. The van der Waals surface area contributed by atoms with Crippen LogP contribution in [-0.4, -0.2) is 18.1 Å². The van der Waals surface area contributed by atoms with E-state index >= 15 is 0 Å². The van der Waals surface area contributed by atoms with Crippen molar-refractivity contribution in [2.45, 2.75) is 19.9 Å². The first-order valence-electron chi connectivity index (χ1n) is 4.09. The number of hydrogen-bond donors (Lipinski definition) is 2. The van der Waals surface area contributed by atoms with Gasteiger partial charge in [-0.25, -0.2) is 4.98 Å². The summed E-state index contributed by atoms with van der Waals surface area (Å²) in [5.74, 6) is 0. The molecule has 0 spiro atoms. The Morgan fingerprint density at radius 3 is 3.00 bits per heavy atom. The molecule has 12 heavy (non-hydrogen) atoms. The summed E-state index contributed by atoms with van der Waals surface area (Å²) < 4.78 is 0. The van der Waals surface area contributed by atoms with E-state index in [1.54, 1.807) is 11.3 Å². The molecule has 0 saturated heterocycles. The molecule has 0 amide bonds. The molecule has 0 bridgehead atoms. The van der Waals surface area contributed by atoms with Crippen LogP contribution in [-0.2, 0) is 0 Å². The van der Waals surface area contributed by atoms with Crippen LogP contribution in [0.1, 0.15) is 23.7 Å². The highest BCUT2D eigenvalue weighted by atomic mass is 32.1. The second kappa shape index (κ2) is 4.54. The summed E-state index contributed by atoms with van der Waals surface area (Å²) in [4.78, 5) is 4.38. The average molecular weight is 185 g/mol. The van der Waals surface area contributed by atoms with Gasteiger partial charge in [0.25, 0.3) is 0 Å². The van der Waals surface area contributed by atoms with Gasteiger partial charge in [0, 0.05) is 24.5 Å². The van der Waals surface area contributed by atoms with E-state index in [4.69, 9.17) is 5.73 Å². The Labute approximate surface area is 77.0 Å². The smallest absolute Gasteiger partial charge is 0.0898 e. The summed E-state index contributed by atoms with van der Waals surface area (Å²) in [7, 11) is 0. The highest BCUT2D eigenvalue weighted by molar-refractivity contribution is 7.09. The van der Waals surface area contributed by atoms with E-state index in [0.717, 1.165) is 17.2 Å². The maximum absolute atomic E-state index is 5.38. The van der Waals surface area contributed by atoms with Gasteiger partial charge in [0.1, 0.15) is 0 Å². The van der Waals surface area contributed by atoms with Gasteiger partial charge in [-0.1, -0.05) is 0 Å². The predicted molar refractivity (Wildman–Crippen MR) is 52.3 cm³/mol. The molecular formula is C8H15N3S. The Hall–Kier alpha value is -0.450. The van der Waals surface area contributed by atoms with E-state index in [-0.39, 0.29) is 0 Å². The maximum atomic E-state index is 5.38. The minimum absolute atomic E-state index is 0.318. The van der Waals surface area contributed by atoms with E-state index in [9.17, 15) is 0 Å². The van der Waals surface area contributed by atoms with Crippen molar-refractivity contribution in [3.8, 4) is 0 Å². The van der Waals surface area contributed by atoms with Gasteiger partial charge < -0.3 is 11.1 Å². The third kappa shape index (κ3) is 2.55. The van der Waals surface area contributed by atoms with Crippen molar-refractivity contribution in [3.05, 3.63) is 16.1 Å². The molecule has 1 heterocycles. The molecule has 4 heteroatoms. The minimum Gasteiger partial charge on any atom is -0.329 e. The molecular weight excluding hydrogens is 170 g/mol. The lowest BCUT2D eigenvalue weighted by atomic mass is 10.2. The fourth-order valence-corrected chi connectivity index (χ4v) is 1.69. The van der Waals surface area contributed by atoms with Crippen LogP contribution < -0.4 is 11.1 Å². The Morgan fingerprint density at radius 2 is 2.50 bits per heavy atom. The molecule has 1 aromatic heterocycles. The van der Waals surface area contributed by atoms with Gasteiger partial charge in [-0.2, -0.15) is 0 Å². The highest BCUT2D eigenvalue weighted by Crippen LogP contribution is 2.14. The lowest BCUT2D eigenvalue weighted by molar-refractivity contribution is 0.571. The topological polar surface area (TPSA) is 50.9 Å². The third-order valence-corrected chi connectivity index (χ3v) is 2.47. The molecule has 1 unspecified atom stereocenters. The molecule has 0 saturated carbocycles. The van der Waals surface area contributed by atoms with Crippen LogP contribution in [0.4, 0.5) is 0 Å². The molecule has 3 nitrogen and oxygen atoms in total. The lowest BCUT2D eigenvalue weighted by Gasteiger charge is -2.09. The van der Waals surface area contributed by atoms with Gasteiger partial charge in [0.05, 0.1) is 10.7 Å². The summed E-state index contributed by atoms with van der Waals surface area (Å²) >= 11 is 1.68. The number of hydrogen-bond acceptors (Lipinski definition) is 4. The normalized spacial score (nSPS) is 13.2. The van der Waals surface area contributed by atoms with Crippen LogP contribution in [0.5, 0.6) is 0 Å². The van der Waals surface area contributed by atoms with Crippen LogP contribution >= 0.6 is 11.3 Å². The van der Waals surface area contributed by atoms with E-state index in [1.165, 1.54) is 0 Å². The largest absolute Gasteiger partial charge is 0.329 e. The van der Waals surface area contributed by atoms with Gasteiger partial charge in [-0.15, -0.1) is 11.3 Å². The molecule has 1 rings (SSSR count). The standard InChI is InChI=1S/C8H15N3S/c1-6(10-4-3-9)8-5-12-7(2)11-8/h5-6,10H,3-4,9H2,1-2H3.